The molecule has 1 fully saturated rings. The van der Waals surface area contributed by atoms with Gasteiger partial charge in [0.25, 0.3) is 0 Å². The second kappa shape index (κ2) is 4.88. The molecule has 1 saturated carbocycles. The Kier molecular flexibility index (Phi) is 3.61. The van der Waals surface area contributed by atoms with Gasteiger partial charge >= 0.3 is 6.18 Å². The van der Waals surface area contributed by atoms with Crippen molar-refractivity contribution in [3.8, 4) is 0 Å². The van der Waals surface area contributed by atoms with Crippen molar-refractivity contribution in [2.24, 2.45) is 0 Å². The van der Waals surface area contributed by atoms with Gasteiger partial charge in [0.1, 0.15) is 5.82 Å². The van der Waals surface area contributed by atoms with Crippen LogP contribution in [-0.2, 0) is 6.18 Å². The first-order valence-electron chi connectivity index (χ1n) is 5.95. The summed E-state index contributed by atoms with van der Waals surface area (Å²) in [5, 5.41) is 3.14. The third-order valence-corrected chi connectivity index (χ3v) is 3.61. The van der Waals surface area contributed by atoms with Crippen LogP contribution in [0.5, 0.6) is 0 Å². The fourth-order valence-electron chi connectivity index (χ4n) is 2.56. The summed E-state index contributed by atoms with van der Waals surface area (Å²) in [6.45, 7) is 0. The highest BCUT2D eigenvalue weighted by Gasteiger charge is 2.34. The lowest BCUT2D eigenvalue weighted by Gasteiger charge is -2.14. The molecule has 1 N–H and O–H groups in total. The molecule has 0 saturated heterocycles. The average Bonchev–Trinajstić information content (AvgIpc) is 2.75. The maximum absolute atomic E-state index is 13.4. The van der Waals surface area contributed by atoms with Crippen molar-refractivity contribution in [1.29, 1.82) is 0 Å². The van der Waals surface area contributed by atoms with E-state index in [4.69, 9.17) is 0 Å². The van der Waals surface area contributed by atoms with Crippen molar-refractivity contribution < 1.29 is 17.6 Å². The first-order valence-corrected chi connectivity index (χ1v) is 5.95. The van der Waals surface area contributed by atoms with Crippen LogP contribution in [0.4, 0.5) is 17.6 Å². The predicted molar refractivity (Wildman–Crippen MR) is 60.8 cm³/mol. The van der Waals surface area contributed by atoms with Crippen LogP contribution < -0.4 is 5.32 Å². The van der Waals surface area contributed by atoms with E-state index >= 15 is 0 Å². The standard InChI is InChI=1S/C13H15F4N/c1-18-10-4-2-8(6-10)9-3-5-11(12(14)7-9)13(15,16)17/h3,5,7-8,10,18H,2,4,6H2,1H3. The summed E-state index contributed by atoms with van der Waals surface area (Å²) in [5.74, 6) is -1.02. The lowest BCUT2D eigenvalue weighted by atomic mass is 9.96. The smallest absolute Gasteiger partial charge is 0.317 e. The highest BCUT2D eigenvalue weighted by Crippen LogP contribution is 2.37. The SMILES string of the molecule is CNC1CCC(c2ccc(C(F)(F)F)c(F)c2)C1. The molecule has 1 aromatic carbocycles. The molecule has 0 bridgehead atoms. The van der Waals surface area contributed by atoms with Crippen LogP contribution in [0.2, 0.25) is 0 Å². The van der Waals surface area contributed by atoms with Crippen molar-refractivity contribution in [3.05, 3.63) is 35.1 Å². The lowest BCUT2D eigenvalue weighted by molar-refractivity contribution is -0.140. The maximum atomic E-state index is 13.4. The summed E-state index contributed by atoms with van der Waals surface area (Å²) in [6, 6.07) is 3.65. The summed E-state index contributed by atoms with van der Waals surface area (Å²) < 4.78 is 50.7. The van der Waals surface area contributed by atoms with E-state index in [2.05, 4.69) is 5.32 Å². The Balaban J connectivity index is 2.20. The molecule has 1 aromatic rings. The maximum Gasteiger partial charge on any atom is 0.419 e. The second-order valence-electron chi connectivity index (χ2n) is 4.73. The predicted octanol–water partition coefficient (Wildman–Crippen LogP) is 3.70. The van der Waals surface area contributed by atoms with Gasteiger partial charge in [0.15, 0.2) is 0 Å². The van der Waals surface area contributed by atoms with Gasteiger partial charge in [0, 0.05) is 6.04 Å². The Bertz CT molecular complexity index is 427. The number of alkyl halides is 3. The highest BCUT2D eigenvalue weighted by molar-refractivity contribution is 5.29. The van der Waals surface area contributed by atoms with E-state index in [-0.39, 0.29) is 5.92 Å². The van der Waals surface area contributed by atoms with Gasteiger partial charge in [-0.3, -0.25) is 0 Å². The Labute approximate surface area is 103 Å². The fourth-order valence-corrected chi connectivity index (χ4v) is 2.56. The molecular weight excluding hydrogens is 246 g/mol. The van der Waals surface area contributed by atoms with E-state index in [9.17, 15) is 17.6 Å². The first kappa shape index (κ1) is 13.3. The van der Waals surface area contributed by atoms with Gasteiger partial charge in [0.05, 0.1) is 5.56 Å². The largest absolute Gasteiger partial charge is 0.419 e. The number of hydrogen-bond donors (Lipinski definition) is 1. The number of hydrogen-bond acceptors (Lipinski definition) is 1. The van der Waals surface area contributed by atoms with Gasteiger partial charge in [-0.05, 0) is 49.9 Å². The number of halogens is 4. The molecule has 2 rings (SSSR count). The summed E-state index contributed by atoms with van der Waals surface area (Å²) in [4.78, 5) is 0. The molecule has 1 aliphatic carbocycles. The minimum Gasteiger partial charge on any atom is -0.317 e. The average molecular weight is 261 g/mol. The Morgan fingerprint density at radius 2 is 1.94 bits per heavy atom. The van der Waals surface area contributed by atoms with E-state index in [1.807, 2.05) is 7.05 Å². The zero-order valence-electron chi connectivity index (χ0n) is 10.0. The van der Waals surface area contributed by atoms with Gasteiger partial charge in [0.2, 0.25) is 0 Å². The molecule has 100 valence electrons. The molecule has 0 aromatic heterocycles. The van der Waals surface area contributed by atoms with Crippen molar-refractivity contribution in [2.45, 2.75) is 37.4 Å². The monoisotopic (exact) mass is 261 g/mol. The van der Waals surface area contributed by atoms with Crippen molar-refractivity contribution in [1.82, 2.24) is 5.32 Å². The minimum absolute atomic E-state index is 0.152. The Morgan fingerprint density at radius 1 is 1.22 bits per heavy atom. The topological polar surface area (TPSA) is 12.0 Å². The van der Waals surface area contributed by atoms with Crippen LogP contribution in [0.15, 0.2) is 18.2 Å². The minimum atomic E-state index is -4.62. The molecule has 0 aliphatic heterocycles. The van der Waals surface area contributed by atoms with Gasteiger partial charge < -0.3 is 5.32 Å². The fraction of sp³-hybridized carbons (Fsp3) is 0.538. The molecule has 1 aliphatic rings. The molecule has 1 nitrogen and oxygen atoms in total. The number of rotatable bonds is 2. The molecule has 2 unspecified atom stereocenters. The highest BCUT2D eigenvalue weighted by atomic mass is 19.4. The molecular formula is C13H15F4N. The van der Waals surface area contributed by atoms with Crippen LogP contribution in [0.25, 0.3) is 0 Å². The quantitative estimate of drug-likeness (QED) is 0.800. The summed E-state index contributed by atoms with van der Waals surface area (Å²) >= 11 is 0. The zero-order chi connectivity index (χ0) is 13.3. The molecule has 0 heterocycles. The van der Waals surface area contributed by atoms with Gasteiger partial charge in [-0.1, -0.05) is 6.07 Å². The molecule has 2 atom stereocenters. The Hall–Kier alpha value is -1.10. The number of nitrogens with one attached hydrogen (secondary N) is 1. The van der Waals surface area contributed by atoms with Crippen molar-refractivity contribution >= 4 is 0 Å². The molecule has 0 amide bonds. The third-order valence-electron chi connectivity index (χ3n) is 3.61. The van der Waals surface area contributed by atoms with Crippen LogP contribution in [0.1, 0.15) is 36.3 Å². The first-order chi connectivity index (χ1) is 8.41. The van der Waals surface area contributed by atoms with E-state index in [1.54, 1.807) is 0 Å². The van der Waals surface area contributed by atoms with Gasteiger partial charge in [-0.25, -0.2) is 4.39 Å². The van der Waals surface area contributed by atoms with Crippen LogP contribution in [0.3, 0.4) is 0 Å². The van der Waals surface area contributed by atoms with Crippen LogP contribution in [0, 0.1) is 5.82 Å². The van der Waals surface area contributed by atoms with Crippen LogP contribution >= 0.6 is 0 Å². The summed E-state index contributed by atoms with van der Waals surface area (Å²) in [6.07, 6.45) is -1.91. The van der Waals surface area contributed by atoms with E-state index in [0.717, 1.165) is 31.4 Å². The van der Waals surface area contributed by atoms with Gasteiger partial charge in [-0.2, -0.15) is 13.2 Å². The van der Waals surface area contributed by atoms with Crippen molar-refractivity contribution in [3.63, 3.8) is 0 Å². The zero-order valence-corrected chi connectivity index (χ0v) is 10.0. The molecule has 18 heavy (non-hydrogen) atoms. The normalized spacial score (nSPS) is 24.5. The van der Waals surface area contributed by atoms with E-state index in [0.29, 0.717) is 11.6 Å². The number of benzene rings is 1. The third kappa shape index (κ3) is 2.66. The second-order valence-corrected chi connectivity index (χ2v) is 4.73. The van der Waals surface area contributed by atoms with E-state index in [1.165, 1.54) is 6.07 Å². The molecule has 5 heteroatoms. The summed E-state index contributed by atoms with van der Waals surface area (Å²) in [7, 11) is 1.86. The van der Waals surface area contributed by atoms with Crippen molar-refractivity contribution in [2.75, 3.05) is 7.05 Å². The lowest BCUT2D eigenvalue weighted by Crippen LogP contribution is -2.21. The molecule has 0 radical (unpaired) electrons. The molecule has 0 spiro atoms. The van der Waals surface area contributed by atoms with Gasteiger partial charge in [-0.15, -0.1) is 0 Å². The summed E-state index contributed by atoms with van der Waals surface area (Å²) in [5.41, 5.74) is -0.521. The Morgan fingerprint density at radius 3 is 2.44 bits per heavy atom. The van der Waals surface area contributed by atoms with E-state index < -0.39 is 17.6 Å². The van der Waals surface area contributed by atoms with Crippen LogP contribution in [-0.4, -0.2) is 13.1 Å².